The van der Waals surface area contributed by atoms with Gasteiger partial charge in [-0.2, -0.15) is 0 Å². The summed E-state index contributed by atoms with van der Waals surface area (Å²) >= 11 is 0. The lowest BCUT2D eigenvalue weighted by Crippen LogP contribution is -2.19. The quantitative estimate of drug-likeness (QED) is 0.650. The van der Waals surface area contributed by atoms with Crippen LogP contribution in [0.25, 0.3) is 0 Å². The summed E-state index contributed by atoms with van der Waals surface area (Å²) in [5, 5.41) is 0. The molecule has 0 spiro atoms. The van der Waals surface area contributed by atoms with E-state index in [1.54, 1.807) is 13.4 Å². The van der Waals surface area contributed by atoms with Crippen molar-refractivity contribution < 1.29 is 4.79 Å². The molecule has 0 aromatic carbocycles. The van der Waals surface area contributed by atoms with Gasteiger partial charge in [-0.3, -0.25) is 4.79 Å². The van der Waals surface area contributed by atoms with Crippen LogP contribution < -0.4 is 9.80 Å². The van der Waals surface area contributed by atoms with E-state index in [4.69, 9.17) is 0 Å². The predicted octanol–water partition coefficient (Wildman–Crippen LogP) is 0.0683. The normalized spacial score (nSPS) is 9.58. The molecule has 1 aromatic heterocycles. The molecule has 12 heavy (non-hydrogen) atoms. The number of nitrogens with zero attached hydrogens (tertiary/aromatic N) is 3. The van der Waals surface area contributed by atoms with Crippen LogP contribution >= 0.6 is 0 Å². The van der Waals surface area contributed by atoms with Gasteiger partial charge in [0.15, 0.2) is 11.6 Å². The molecule has 5 nitrogen and oxygen atoms in total. The monoisotopic (exact) mass is 168 g/mol. The Bertz CT molecular complexity index is 268. The first-order chi connectivity index (χ1) is 5.66. The van der Waals surface area contributed by atoms with Crippen molar-refractivity contribution in [1.29, 1.82) is 0 Å². The average molecular weight is 168 g/mol. The van der Waals surface area contributed by atoms with Crippen molar-refractivity contribution >= 4 is 18.0 Å². The fraction of sp³-hybridized carbons (Fsp3) is 0.429. The zero-order chi connectivity index (χ0) is 9.14. The first kappa shape index (κ1) is 8.58. The van der Waals surface area contributed by atoms with Gasteiger partial charge in [-0.25, -0.2) is 4.98 Å². The highest BCUT2D eigenvalue weighted by Gasteiger charge is 2.10. The summed E-state index contributed by atoms with van der Waals surface area (Å²) in [7, 11) is 5.42. The van der Waals surface area contributed by atoms with Crippen LogP contribution in [0.15, 0.2) is 6.33 Å². The molecule has 1 aromatic rings. The number of H-pyrrole nitrogens is 1. The second-order valence-corrected chi connectivity index (χ2v) is 2.69. The minimum absolute atomic E-state index is 0.704. The molecule has 0 bridgehead atoms. The van der Waals surface area contributed by atoms with Gasteiger partial charge in [0.1, 0.15) is 0 Å². The Balaban J connectivity index is 2.98. The first-order valence-corrected chi connectivity index (χ1v) is 3.55. The Morgan fingerprint density at radius 3 is 2.67 bits per heavy atom. The van der Waals surface area contributed by atoms with Crippen LogP contribution in [0.5, 0.6) is 0 Å². The molecule has 0 fully saturated rings. The highest BCUT2D eigenvalue weighted by molar-refractivity contribution is 5.78. The van der Waals surface area contributed by atoms with Crippen LogP contribution in [-0.2, 0) is 4.79 Å². The fourth-order valence-electron chi connectivity index (χ4n) is 0.920. The SMILES string of the molecule is CN(C)c1nc[nH]c1N(C)C=O. The zero-order valence-corrected chi connectivity index (χ0v) is 7.40. The van der Waals surface area contributed by atoms with Gasteiger partial charge in [0.25, 0.3) is 0 Å². The molecule has 0 aliphatic rings. The molecule has 66 valence electrons. The third kappa shape index (κ3) is 1.39. The Labute approximate surface area is 71.0 Å². The molecule has 5 heteroatoms. The van der Waals surface area contributed by atoms with Gasteiger partial charge in [-0.1, -0.05) is 0 Å². The number of anilines is 2. The Morgan fingerprint density at radius 2 is 2.17 bits per heavy atom. The molecule has 0 saturated heterocycles. The smallest absolute Gasteiger partial charge is 0.215 e. The molecule has 0 unspecified atom stereocenters. The molecule has 1 heterocycles. The first-order valence-electron chi connectivity index (χ1n) is 3.55. The number of hydrogen-bond acceptors (Lipinski definition) is 3. The van der Waals surface area contributed by atoms with Crippen LogP contribution in [-0.4, -0.2) is 37.5 Å². The van der Waals surface area contributed by atoms with Crippen LogP contribution in [0, 0.1) is 0 Å². The second-order valence-electron chi connectivity index (χ2n) is 2.69. The summed E-state index contributed by atoms with van der Waals surface area (Å²) in [6.07, 6.45) is 2.30. The number of nitrogens with one attached hydrogen (secondary N) is 1. The van der Waals surface area contributed by atoms with E-state index in [2.05, 4.69) is 9.97 Å². The molecule has 1 amide bonds. The number of aromatic amines is 1. The van der Waals surface area contributed by atoms with Crippen LogP contribution in [0.2, 0.25) is 0 Å². The predicted molar refractivity (Wildman–Crippen MR) is 47.4 cm³/mol. The Hall–Kier alpha value is -1.52. The van der Waals surface area contributed by atoms with E-state index in [1.165, 1.54) is 4.90 Å². The standard InChI is InChI=1S/C7H12N4O/c1-10(2)6-7(9-4-8-6)11(3)5-12/h4-5H,1-3H3,(H,8,9). The summed E-state index contributed by atoms with van der Waals surface area (Å²) < 4.78 is 0. The Morgan fingerprint density at radius 1 is 1.50 bits per heavy atom. The zero-order valence-electron chi connectivity index (χ0n) is 7.40. The van der Waals surface area contributed by atoms with Crippen molar-refractivity contribution in [3.63, 3.8) is 0 Å². The molecule has 0 radical (unpaired) electrons. The number of imidazole rings is 1. The highest BCUT2D eigenvalue weighted by Crippen LogP contribution is 2.20. The van der Waals surface area contributed by atoms with Crippen molar-refractivity contribution in [1.82, 2.24) is 9.97 Å². The average Bonchev–Trinajstić information content (AvgIpc) is 2.50. The van der Waals surface area contributed by atoms with Gasteiger partial charge in [0.05, 0.1) is 6.33 Å². The summed E-state index contributed by atoms with van der Waals surface area (Å²) in [6, 6.07) is 0. The van der Waals surface area contributed by atoms with Gasteiger partial charge >= 0.3 is 0 Å². The van der Waals surface area contributed by atoms with Crippen molar-refractivity contribution in [2.75, 3.05) is 30.9 Å². The number of amides is 1. The fourth-order valence-corrected chi connectivity index (χ4v) is 0.920. The molecular weight excluding hydrogens is 156 g/mol. The summed E-state index contributed by atoms with van der Waals surface area (Å²) in [5.74, 6) is 1.46. The lowest BCUT2D eigenvalue weighted by molar-refractivity contribution is -0.107. The Kier molecular flexibility index (Phi) is 2.32. The van der Waals surface area contributed by atoms with E-state index in [0.717, 1.165) is 12.2 Å². The van der Waals surface area contributed by atoms with E-state index in [1.807, 2.05) is 19.0 Å². The lowest BCUT2D eigenvalue weighted by Gasteiger charge is -2.14. The molecule has 0 saturated carbocycles. The third-order valence-corrected chi connectivity index (χ3v) is 1.53. The largest absolute Gasteiger partial charge is 0.360 e. The van der Waals surface area contributed by atoms with Crippen LogP contribution in [0.3, 0.4) is 0 Å². The van der Waals surface area contributed by atoms with Crippen molar-refractivity contribution in [3.8, 4) is 0 Å². The van der Waals surface area contributed by atoms with Gasteiger partial charge in [0, 0.05) is 21.1 Å². The number of carbonyl (C=O) groups is 1. The lowest BCUT2D eigenvalue weighted by atomic mass is 10.5. The van der Waals surface area contributed by atoms with Gasteiger partial charge < -0.3 is 14.8 Å². The van der Waals surface area contributed by atoms with Gasteiger partial charge in [0.2, 0.25) is 6.41 Å². The minimum Gasteiger partial charge on any atom is -0.360 e. The van der Waals surface area contributed by atoms with E-state index in [0.29, 0.717) is 5.82 Å². The number of aromatic nitrogens is 2. The van der Waals surface area contributed by atoms with Crippen molar-refractivity contribution in [3.05, 3.63) is 6.33 Å². The molecular formula is C7H12N4O. The maximum absolute atomic E-state index is 10.4. The summed E-state index contributed by atoms with van der Waals surface area (Å²) in [6.45, 7) is 0. The second kappa shape index (κ2) is 3.25. The molecule has 1 N–H and O–H groups in total. The van der Waals surface area contributed by atoms with Gasteiger partial charge in [-0.15, -0.1) is 0 Å². The topological polar surface area (TPSA) is 52.2 Å². The highest BCUT2D eigenvalue weighted by atomic mass is 16.1. The van der Waals surface area contributed by atoms with Crippen molar-refractivity contribution in [2.24, 2.45) is 0 Å². The van der Waals surface area contributed by atoms with Crippen LogP contribution in [0.4, 0.5) is 11.6 Å². The molecule has 0 aliphatic heterocycles. The van der Waals surface area contributed by atoms with E-state index in [9.17, 15) is 4.79 Å². The number of hydrogen-bond donors (Lipinski definition) is 1. The summed E-state index contributed by atoms with van der Waals surface area (Å²) in [5.41, 5.74) is 0. The molecule has 0 atom stereocenters. The minimum atomic E-state index is 0.704. The van der Waals surface area contributed by atoms with E-state index >= 15 is 0 Å². The molecule has 1 rings (SSSR count). The number of rotatable bonds is 3. The molecule has 0 aliphatic carbocycles. The summed E-state index contributed by atoms with van der Waals surface area (Å²) in [4.78, 5) is 20.7. The van der Waals surface area contributed by atoms with E-state index in [-0.39, 0.29) is 0 Å². The van der Waals surface area contributed by atoms with Crippen molar-refractivity contribution in [2.45, 2.75) is 0 Å². The van der Waals surface area contributed by atoms with E-state index < -0.39 is 0 Å². The maximum atomic E-state index is 10.4. The maximum Gasteiger partial charge on any atom is 0.215 e. The van der Waals surface area contributed by atoms with Gasteiger partial charge in [-0.05, 0) is 0 Å². The number of carbonyl (C=O) groups excluding carboxylic acids is 1. The van der Waals surface area contributed by atoms with Crippen LogP contribution in [0.1, 0.15) is 0 Å². The third-order valence-electron chi connectivity index (χ3n) is 1.53.